The smallest absolute Gasteiger partial charge is 0.423 e. The Hall–Kier alpha value is -2.52. The van der Waals surface area contributed by atoms with Gasteiger partial charge in [-0.1, -0.05) is 6.07 Å². The normalized spacial score (nSPS) is 15.5. The molecule has 26 heavy (non-hydrogen) atoms. The molecule has 2 N–H and O–H groups in total. The molecule has 0 aromatic heterocycles. The molecule has 0 fully saturated rings. The molecule has 5 nitrogen and oxygen atoms in total. The maximum absolute atomic E-state index is 12.3. The van der Waals surface area contributed by atoms with Crippen molar-refractivity contribution in [1.29, 1.82) is 0 Å². The number of anilines is 1. The van der Waals surface area contributed by atoms with Gasteiger partial charge in [0.15, 0.2) is 0 Å². The van der Waals surface area contributed by atoms with Crippen LogP contribution in [0, 0.1) is 0 Å². The highest BCUT2D eigenvalue weighted by Crippen LogP contribution is 2.30. The molecule has 0 bridgehead atoms. The van der Waals surface area contributed by atoms with Crippen LogP contribution in [0.1, 0.15) is 29.8 Å². The molecule has 0 saturated carbocycles. The second kappa shape index (κ2) is 6.33. The lowest BCUT2D eigenvalue weighted by Crippen LogP contribution is -2.29. The van der Waals surface area contributed by atoms with E-state index < -0.39 is 30.7 Å². The Kier molecular flexibility index (Phi) is 4.45. The van der Waals surface area contributed by atoms with Gasteiger partial charge in [0.05, 0.1) is 5.60 Å². The Morgan fingerprint density at radius 3 is 2.46 bits per heavy atom. The topological polar surface area (TPSA) is 67.8 Å². The number of carbonyl (C=O) groups is 1. The van der Waals surface area contributed by atoms with Crippen LogP contribution in [-0.4, -0.2) is 24.4 Å². The first-order valence-corrected chi connectivity index (χ1v) is 7.73. The van der Waals surface area contributed by atoms with Gasteiger partial charge >= 0.3 is 13.5 Å². The average molecular weight is 365 g/mol. The third-order valence-electron chi connectivity index (χ3n) is 3.98. The third kappa shape index (κ3) is 3.84. The fraction of sp³-hybridized carbons (Fsp3) is 0.235. The van der Waals surface area contributed by atoms with Crippen LogP contribution in [0.2, 0.25) is 0 Å². The van der Waals surface area contributed by atoms with Crippen LogP contribution in [0.5, 0.6) is 5.75 Å². The van der Waals surface area contributed by atoms with Crippen molar-refractivity contribution in [1.82, 2.24) is 0 Å². The summed E-state index contributed by atoms with van der Waals surface area (Å²) in [5.74, 6) is -0.912. The molecule has 2 aromatic carbocycles. The van der Waals surface area contributed by atoms with E-state index in [0.29, 0.717) is 11.2 Å². The van der Waals surface area contributed by atoms with Crippen LogP contribution in [0.3, 0.4) is 0 Å². The van der Waals surface area contributed by atoms with Gasteiger partial charge in [-0.2, -0.15) is 0 Å². The predicted octanol–water partition coefficient (Wildman–Crippen LogP) is 2.79. The SMILES string of the molecule is CC1(C)OB(O)c2cc(NC(=O)c3ccc(OC(F)(F)F)cc3)ccc21. The molecule has 1 heterocycles. The van der Waals surface area contributed by atoms with Crippen LogP contribution in [-0.2, 0) is 10.3 Å². The van der Waals surface area contributed by atoms with Crippen molar-refractivity contribution in [3.63, 3.8) is 0 Å². The van der Waals surface area contributed by atoms with Crippen molar-refractivity contribution in [3.05, 3.63) is 53.6 Å². The molecule has 0 saturated heterocycles. The van der Waals surface area contributed by atoms with Gasteiger partial charge in [0.2, 0.25) is 0 Å². The van der Waals surface area contributed by atoms with Gasteiger partial charge in [-0.05, 0) is 61.3 Å². The van der Waals surface area contributed by atoms with E-state index >= 15 is 0 Å². The Morgan fingerprint density at radius 2 is 1.85 bits per heavy atom. The number of amides is 1. The number of hydrogen-bond acceptors (Lipinski definition) is 4. The highest BCUT2D eigenvalue weighted by molar-refractivity contribution is 6.62. The molecular weight excluding hydrogens is 350 g/mol. The maximum Gasteiger partial charge on any atom is 0.573 e. The molecule has 2 aromatic rings. The van der Waals surface area contributed by atoms with Crippen LogP contribution < -0.4 is 15.5 Å². The monoisotopic (exact) mass is 365 g/mol. The van der Waals surface area contributed by atoms with E-state index in [-0.39, 0.29) is 5.56 Å². The molecular formula is C17H15BF3NO4. The zero-order valence-electron chi connectivity index (χ0n) is 13.9. The lowest BCUT2D eigenvalue weighted by Gasteiger charge is -2.19. The minimum atomic E-state index is -4.79. The summed E-state index contributed by atoms with van der Waals surface area (Å²) in [6, 6.07) is 9.60. The first-order valence-electron chi connectivity index (χ1n) is 7.73. The fourth-order valence-electron chi connectivity index (χ4n) is 2.81. The number of alkyl halides is 3. The van der Waals surface area contributed by atoms with Gasteiger partial charge in [-0.25, -0.2) is 0 Å². The molecule has 0 atom stereocenters. The van der Waals surface area contributed by atoms with E-state index in [2.05, 4.69) is 10.1 Å². The summed E-state index contributed by atoms with van der Waals surface area (Å²) < 4.78 is 45.7. The van der Waals surface area contributed by atoms with Gasteiger partial charge in [-0.15, -0.1) is 13.2 Å². The minimum Gasteiger partial charge on any atom is -0.423 e. The Balaban J connectivity index is 1.74. The molecule has 136 valence electrons. The predicted molar refractivity (Wildman–Crippen MR) is 89.2 cm³/mol. The molecule has 0 spiro atoms. The zero-order chi connectivity index (χ0) is 19.1. The van der Waals surface area contributed by atoms with Gasteiger partial charge in [0.25, 0.3) is 5.91 Å². The summed E-state index contributed by atoms with van der Waals surface area (Å²) in [6.45, 7) is 3.65. The standard InChI is InChI=1S/C17H15BF3NO4/c1-16(2)13-8-5-11(9-14(13)18(24)26-16)22-15(23)10-3-6-12(7-4-10)25-17(19,20)21/h3-9,24H,1-2H3,(H,22,23). The first-order chi connectivity index (χ1) is 12.0. The molecule has 0 aliphatic carbocycles. The lowest BCUT2D eigenvalue weighted by molar-refractivity contribution is -0.274. The van der Waals surface area contributed by atoms with Crippen LogP contribution in [0.4, 0.5) is 18.9 Å². The fourth-order valence-corrected chi connectivity index (χ4v) is 2.81. The Bertz CT molecular complexity index is 837. The number of benzene rings is 2. The van der Waals surface area contributed by atoms with Crippen LogP contribution >= 0.6 is 0 Å². The average Bonchev–Trinajstić information content (AvgIpc) is 2.75. The van der Waals surface area contributed by atoms with Crippen molar-refractivity contribution >= 4 is 24.2 Å². The number of halogens is 3. The zero-order valence-corrected chi connectivity index (χ0v) is 13.9. The number of fused-ring (bicyclic) bond motifs is 1. The summed E-state index contributed by atoms with van der Waals surface area (Å²) in [4.78, 5) is 12.3. The summed E-state index contributed by atoms with van der Waals surface area (Å²) in [7, 11) is -1.09. The first kappa shape index (κ1) is 18.3. The highest BCUT2D eigenvalue weighted by Gasteiger charge is 2.40. The molecule has 1 amide bonds. The van der Waals surface area contributed by atoms with E-state index in [1.54, 1.807) is 18.2 Å². The Labute approximate surface area is 147 Å². The molecule has 3 rings (SSSR count). The van der Waals surface area contributed by atoms with E-state index in [4.69, 9.17) is 4.65 Å². The molecule has 0 unspecified atom stereocenters. The maximum atomic E-state index is 12.3. The third-order valence-corrected chi connectivity index (χ3v) is 3.98. The van der Waals surface area contributed by atoms with E-state index in [0.717, 1.165) is 17.7 Å². The second-order valence-corrected chi connectivity index (χ2v) is 6.31. The second-order valence-electron chi connectivity index (χ2n) is 6.31. The summed E-state index contributed by atoms with van der Waals surface area (Å²) in [6.07, 6.45) is -4.79. The quantitative estimate of drug-likeness (QED) is 0.821. The Morgan fingerprint density at radius 1 is 1.19 bits per heavy atom. The van der Waals surface area contributed by atoms with Crippen molar-refractivity contribution < 1.29 is 32.4 Å². The number of rotatable bonds is 3. The van der Waals surface area contributed by atoms with Crippen LogP contribution in [0.25, 0.3) is 0 Å². The van der Waals surface area contributed by atoms with E-state index in [1.165, 1.54) is 12.1 Å². The number of ether oxygens (including phenoxy) is 1. The largest absolute Gasteiger partial charge is 0.573 e. The molecule has 0 radical (unpaired) electrons. The molecule has 1 aliphatic rings. The van der Waals surface area contributed by atoms with Crippen molar-refractivity contribution in [2.75, 3.05) is 5.32 Å². The number of hydrogen-bond donors (Lipinski definition) is 2. The van der Waals surface area contributed by atoms with Gasteiger partial charge in [0, 0.05) is 11.3 Å². The number of nitrogens with one attached hydrogen (secondary N) is 1. The van der Waals surface area contributed by atoms with Gasteiger partial charge in [0.1, 0.15) is 5.75 Å². The van der Waals surface area contributed by atoms with Crippen molar-refractivity contribution in [2.45, 2.75) is 25.8 Å². The van der Waals surface area contributed by atoms with Crippen molar-refractivity contribution in [3.8, 4) is 5.75 Å². The highest BCUT2D eigenvalue weighted by atomic mass is 19.4. The van der Waals surface area contributed by atoms with Gasteiger partial charge < -0.3 is 19.7 Å². The van der Waals surface area contributed by atoms with E-state index in [1.807, 2.05) is 13.8 Å². The van der Waals surface area contributed by atoms with Crippen LogP contribution in [0.15, 0.2) is 42.5 Å². The molecule has 9 heteroatoms. The molecule has 1 aliphatic heterocycles. The van der Waals surface area contributed by atoms with Gasteiger partial charge in [-0.3, -0.25) is 4.79 Å². The summed E-state index contributed by atoms with van der Waals surface area (Å²) in [5, 5.41) is 12.6. The van der Waals surface area contributed by atoms with E-state index in [9.17, 15) is 23.0 Å². The van der Waals surface area contributed by atoms with Crippen molar-refractivity contribution in [2.24, 2.45) is 0 Å². The number of carbonyl (C=O) groups excluding carboxylic acids is 1. The summed E-state index contributed by atoms with van der Waals surface area (Å²) >= 11 is 0. The summed E-state index contributed by atoms with van der Waals surface area (Å²) in [5.41, 5.74) is 1.34. The lowest BCUT2D eigenvalue weighted by atomic mass is 9.78. The minimum absolute atomic E-state index is 0.164.